The molecule has 0 aromatic carbocycles. The fraction of sp³-hybridized carbons (Fsp3) is 0.333. The predicted molar refractivity (Wildman–Crippen MR) is 62.2 cm³/mol. The largest absolute Gasteiger partial charge is 0.489 e. The number of H-pyrrole nitrogens is 1. The van der Waals surface area contributed by atoms with E-state index in [1.807, 2.05) is 25.1 Å². The van der Waals surface area contributed by atoms with Crippen LogP contribution >= 0.6 is 0 Å². The molecule has 0 fully saturated rings. The topological polar surface area (TPSA) is 50.8 Å². The quantitative estimate of drug-likeness (QED) is 0.856. The van der Waals surface area contributed by atoms with Crippen molar-refractivity contribution in [3.63, 3.8) is 0 Å². The normalized spacial score (nSPS) is 12.4. The average molecular weight is 217 g/mol. The zero-order valence-corrected chi connectivity index (χ0v) is 9.47. The van der Waals surface area contributed by atoms with Crippen molar-refractivity contribution in [3.8, 4) is 17.1 Å². The summed E-state index contributed by atoms with van der Waals surface area (Å²) in [6, 6.07) is 5.73. The van der Waals surface area contributed by atoms with E-state index < -0.39 is 0 Å². The molecule has 0 saturated carbocycles. The maximum Gasteiger partial charge on any atom is 0.138 e. The molecule has 0 radical (unpaired) electrons. The summed E-state index contributed by atoms with van der Waals surface area (Å²) in [6.45, 7) is 4.14. The molecule has 1 N–H and O–H groups in total. The minimum Gasteiger partial charge on any atom is -0.489 e. The van der Waals surface area contributed by atoms with Crippen LogP contribution in [0.25, 0.3) is 11.4 Å². The standard InChI is InChI=1S/C12H15N3O/c1-3-9(2)16-10-4-5-11(13-8-10)12-6-7-14-15-12/h4-9H,3H2,1-2H3,(H,14,15). The van der Waals surface area contributed by atoms with Gasteiger partial charge < -0.3 is 4.74 Å². The van der Waals surface area contributed by atoms with Crippen LogP contribution in [-0.2, 0) is 0 Å². The maximum absolute atomic E-state index is 5.65. The fourth-order valence-corrected chi connectivity index (χ4v) is 1.32. The molecule has 0 amide bonds. The van der Waals surface area contributed by atoms with Crippen LogP contribution in [0.4, 0.5) is 0 Å². The molecule has 0 saturated heterocycles. The number of pyridine rings is 1. The Morgan fingerprint density at radius 3 is 2.81 bits per heavy atom. The van der Waals surface area contributed by atoms with E-state index in [1.54, 1.807) is 12.4 Å². The Labute approximate surface area is 94.7 Å². The van der Waals surface area contributed by atoms with Crippen LogP contribution in [0.5, 0.6) is 5.75 Å². The average Bonchev–Trinajstić information content (AvgIpc) is 2.83. The van der Waals surface area contributed by atoms with Crippen molar-refractivity contribution in [1.29, 1.82) is 0 Å². The van der Waals surface area contributed by atoms with Crippen LogP contribution < -0.4 is 4.74 Å². The molecule has 0 spiro atoms. The van der Waals surface area contributed by atoms with E-state index in [0.717, 1.165) is 23.6 Å². The first kappa shape index (κ1) is 10.7. The SMILES string of the molecule is CCC(C)Oc1ccc(-c2ccn[nH]2)nc1. The van der Waals surface area contributed by atoms with E-state index in [0.29, 0.717) is 0 Å². The van der Waals surface area contributed by atoms with Gasteiger partial charge >= 0.3 is 0 Å². The first-order valence-electron chi connectivity index (χ1n) is 5.42. The molecule has 2 aromatic heterocycles. The second kappa shape index (κ2) is 4.79. The number of aromatic amines is 1. The number of hydrogen-bond donors (Lipinski definition) is 1. The Bertz CT molecular complexity index is 422. The van der Waals surface area contributed by atoms with Gasteiger partial charge in [0.1, 0.15) is 5.75 Å². The third kappa shape index (κ3) is 2.39. The summed E-state index contributed by atoms with van der Waals surface area (Å²) in [5, 5.41) is 6.76. The van der Waals surface area contributed by atoms with E-state index >= 15 is 0 Å². The number of nitrogens with one attached hydrogen (secondary N) is 1. The Balaban J connectivity index is 2.11. The number of aromatic nitrogens is 3. The predicted octanol–water partition coefficient (Wildman–Crippen LogP) is 2.65. The van der Waals surface area contributed by atoms with Crippen molar-refractivity contribution >= 4 is 0 Å². The van der Waals surface area contributed by atoms with Crippen LogP contribution in [0.2, 0.25) is 0 Å². The van der Waals surface area contributed by atoms with Crippen LogP contribution in [0, 0.1) is 0 Å². The summed E-state index contributed by atoms with van der Waals surface area (Å²) < 4.78 is 5.65. The molecule has 84 valence electrons. The zero-order valence-electron chi connectivity index (χ0n) is 9.47. The Hall–Kier alpha value is -1.84. The molecule has 4 heteroatoms. The fourth-order valence-electron chi connectivity index (χ4n) is 1.32. The van der Waals surface area contributed by atoms with Crippen molar-refractivity contribution in [2.24, 2.45) is 0 Å². The highest BCUT2D eigenvalue weighted by Gasteiger charge is 2.03. The smallest absolute Gasteiger partial charge is 0.138 e. The number of nitrogens with zero attached hydrogens (tertiary/aromatic N) is 2. The molecular weight excluding hydrogens is 202 g/mol. The van der Waals surface area contributed by atoms with Gasteiger partial charge in [0, 0.05) is 6.20 Å². The summed E-state index contributed by atoms with van der Waals surface area (Å²) in [5.74, 6) is 0.803. The number of ether oxygens (including phenoxy) is 1. The van der Waals surface area contributed by atoms with Gasteiger partial charge in [-0.1, -0.05) is 6.92 Å². The summed E-state index contributed by atoms with van der Waals surface area (Å²) in [7, 11) is 0. The lowest BCUT2D eigenvalue weighted by Crippen LogP contribution is -2.09. The number of rotatable bonds is 4. The minimum atomic E-state index is 0.222. The highest BCUT2D eigenvalue weighted by Crippen LogP contribution is 2.18. The van der Waals surface area contributed by atoms with E-state index in [2.05, 4.69) is 22.1 Å². The summed E-state index contributed by atoms with van der Waals surface area (Å²) in [6.07, 6.45) is 4.66. The lowest BCUT2D eigenvalue weighted by Gasteiger charge is -2.11. The van der Waals surface area contributed by atoms with Gasteiger partial charge in [0.05, 0.1) is 23.7 Å². The third-order valence-electron chi connectivity index (χ3n) is 2.43. The van der Waals surface area contributed by atoms with Gasteiger partial charge in [-0.3, -0.25) is 10.1 Å². The van der Waals surface area contributed by atoms with Crippen molar-refractivity contribution in [2.75, 3.05) is 0 Å². The van der Waals surface area contributed by atoms with Crippen molar-refractivity contribution in [2.45, 2.75) is 26.4 Å². The highest BCUT2D eigenvalue weighted by molar-refractivity contribution is 5.53. The highest BCUT2D eigenvalue weighted by atomic mass is 16.5. The Morgan fingerprint density at radius 1 is 1.38 bits per heavy atom. The summed E-state index contributed by atoms with van der Waals surface area (Å²) in [5.41, 5.74) is 1.78. The van der Waals surface area contributed by atoms with Gasteiger partial charge in [-0.25, -0.2) is 0 Å². The lowest BCUT2D eigenvalue weighted by atomic mass is 10.2. The zero-order chi connectivity index (χ0) is 11.4. The maximum atomic E-state index is 5.65. The second-order valence-corrected chi connectivity index (χ2v) is 3.69. The third-order valence-corrected chi connectivity index (χ3v) is 2.43. The number of hydrogen-bond acceptors (Lipinski definition) is 3. The Morgan fingerprint density at radius 2 is 2.25 bits per heavy atom. The summed E-state index contributed by atoms with van der Waals surface area (Å²) >= 11 is 0. The molecule has 2 heterocycles. The van der Waals surface area contributed by atoms with Crippen molar-refractivity contribution in [3.05, 3.63) is 30.6 Å². The van der Waals surface area contributed by atoms with E-state index in [9.17, 15) is 0 Å². The first-order valence-corrected chi connectivity index (χ1v) is 5.42. The molecular formula is C12H15N3O. The van der Waals surface area contributed by atoms with Crippen LogP contribution in [0.15, 0.2) is 30.6 Å². The Kier molecular flexibility index (Phi) is 3.19. The van der Waals surface area contributed by atoms with E-state index in [-0.39, 0.29) is 6.10 Å². The van der Waals surface area contributed by atoms with Gasteiger partial charge in [0.25, 0.3) is 0 Å². The molecule has 0 aliphatic carbocycles. The minimum absolute atomic E-state index is 0.222. The molecule has 1 unspecified atom stereocenters. The summed E-state index contributed by atoms with van der Waals surface area (Å²) in [4.78, 5) is 4.31. The molecule has 0 aliphatic rings. The van der Waals surface area contributed by atoms with Gasteiger partial charge in [0.2, 0.25) is 0 Å². The van der Waals surface area contributed by atoms with Crippen LogP contribution in [-0.4, -0.2) is 21.3 Å². The van der Waals surface area contributed by atoms with E-state index in [4.69, 9.17) is 4.74 Å². The molecule has 4 nitrogen and oxygen atoms in total. The molecule has 1 atom stereocenters. The monoisotopic (exact) mass is 217 g/mol. The lowest BCUT2D eigenvalue weighted by molar-refractivity contribution is 0.216. The molecule has 2 aromatic rings. The van der Waals surface area contributed by atoms with Crippen LogP contribution in [0.3, 0.4) is 0 Å². The molecule has 0 aliphatic heterocycles. The van der Waals surface area contributed by atoms with Crippen LogP contribution in [0.1, 0.15) is 20.3 Å². The second-order valence-electron chi connectivity index (χ2n) is 3.69. The van der Waals surface area contributed by atoms with Crippen molar-refractivity contribution < 1.29 is 4.74 Å². The first-order chi connectivity index (χ1) is 7.79. The van der Waals surface area contributed by atoms with Gasteiger partial charge in [-0.15, -0.1) is 0 Å². The van der Waals surface area contributed by atoms with Gasteiger partial charge in [-0.05, 0) is 31.5 Å². The van der Waals surface area contributed by atoms with E-state index in [1.165, 1.54) is 0 Å². The van der Waals surface area contributed by atoms with Crippen molar-refractivity contribution in [1.82, 2.24) is 15.2 Å². The molecule has 2 rings (SSSR count). The molecule has 0 bridgehead atoms. The molecule has 16 heavy (non-hydrogen) atoms. The van der Waals surface area contributed by atoms with Gasteiger partial charge in [0.15, 0.2) is 0 Å². The van der Waals surface area contributed by atoms with Gasteiger partial charge in [-0.2, -0.15) is 5.10 Å².